The van der Waals surface area contributed by atoms with Crippen molar-refractivity contribution in [3.05, 3.63) is 59.7 Å². The van der Waals surface area contributed by atoms with Gasteiger partial charge in [0.05, 0.1) is 0 Å². The molecule has 1 fully saturated rings. The minimum atomic E-state index is 0.979. The van der Waals surface area contributed by atoms with Crippen LogP contribution < -0.4 is 0 Å². The summed E-state index contributed by atoms with van der Waals surface area (Å²) in [6, 6.07) is 12.8. The summed E-state index contributed by atoms with van der Waals surface area (Å²) in [5, 5.41) is 0. The highest BCUT2D eigenvalue weighted by molar-refractivity contribution is 5.15. The third kappa shape index (κ3) is 5.43. The lowest BCUT2D eigenvalue weighted by molar-refractivity contribution is 0.230. The van der Waals surface area contributed by atoms with Gasteiger partial charge in [-0.1, -0.05) is 36.8 Å². The van der Waals surface area contributed by atoms with Crippen LogP contribution in [0.5, 0.6) is 0 Å². The lowest BCUT2D eigenvalue weighted by Gasteiger charge is -2.25. The van der Waals surface area contributed by atoms with Crippen LogP contribution >= 0.6 is 0 Å². The van der Waals surface area contributed by atoms with Crippen LogP contribution in [0.3, 0.4) is 0 Å². The minimum Gasteiger partial charge on any atom is -0.303 e. The summed E-state index contributed by atoms with van der Waals surface area (Å²) in [7, 11) is 0. The van der Waals surface area contributed by atoms with Crippen LogP contribution in [0.2, 0.25) is 0 Å². The van der Waals surface area contributed by atoms with E-state index >= 15 is 0 Å². The average molecular weight is 309 g/mol. The highest BCUT2D eigenvalue weighted by Crippen LogP contribution is 2.10. The van der Waals surface area contributed by atoms with Crippen LogP contribution in [0.25, 0.3) is 0 Å². The van der Waals surface area contributed by atoms with Crippen molar-refractivity contribution >= 4 is 0 Å². The fraction of sp³-hybridized carbons (Fsp3) is 0.500. The van der Waals surface area contributed by atoms with Gasteiger partial charge in [-0.05, 0) is 56.8 Å². The van der Waals surface area contributed by atoms with Crippen molar-refractivity contribution < 1.29 is 0 Å². The first-order valence-corrected chi connectivity index (χ1v) is 8.97. The van der Waals surface area contributed by atoms with Gasteiger partial charge in [0.2, 0.25) is 0 Å². The first-order chi connectivity index (χ1) is 11.4. The summed E-state index contributed by atoms with van der Waals surface area (Å²) in [4.78, 5) is 11.8. The summed E-state index contributed by atoms with van der Waals surface area (Å²) < 4.78 is 0. The quantitative estimate of drug-likeness (QED) is 0.781. The van der Waals surface area contributed by atoms with Crippen molar-refractivity contribution in [2.75, 3.05) is 19.6 Å². The van der Waals surface area contributed by atoms with E-state index in [1.165, 1.54) is 43.6 Å². The van der Waals surface area contributed by atoms with E-state index < -0.39 is 0 Å². The molecule has 122 valence electrons. The molecule has 1 aliphatic rings. The Hall–Kier alpha value is -1.74. The second-order valence-electron chi connectivity index (χ2n) is 6.46. The number of aryl methyl sites for hydroxylation is 2. The highest BCUT2D eigenvalue weighted by Gasteiger charge is 2.10. The Balaban J connectivity index is 1.45. The molecule has 0 bridgehead atoms. The van der Waals surface area contributed by atoms with Gasteiger partial charge >= 0.3 is 0 Å². The van der Waals surface area contributed by atoms with Crippen LogP contribution in [0.1, 0.15) is 42.8 Å². The number of hydrogen-bond donors (Lipinski definition) is 0. The predicted molar refractivity (Wildman–Crippen MR) is 94.5 cm³/mol. The van der Waals surface area contributed by atoms with Crippen LogP contribution in [0, 0.1) is 0 Å². The Bertz CT molecular complexity index is 576. The Morgan fingerprint density at radius 2 is 1.70 bits per heavy atom. The van der Waals surface area contributed by atoms with Crippen molar-refractivity contribution in [1.82, 2.24) is 14.9 Å². The van der Waals surface area contributed by atoms with Crippen LogP contribution in [0.15, 0.2) is 42.6 Å². The zero-order chi connectivity index (χ0) is 15.7. The Morgan fingerprint density at radius 3 is 2.52 bits per heavy atom. The second-order valence-corrected chi connectivity index (χ2v) is 6.46. The number of rotatable bonds is 7. The van der Waals surface area contributed by atoms with Crippen molar-refractivity contribution in [3.63, 3.8) is 0 Å². The number of hydrogen-bond acceptors (Lipinski definition) is 3. The zero-order valence-electron chi connectivity index (χ0n) is 14.0. The molecule has 0 atom stereocenters. The SMILES string of the molecule is c1ccc(CCCc2ccnc(CCN3CCCCC3)n2)cc1. The van der Waals surface area contributed by atoms with E-state index in [1.807, 2.05) is 6.20 Å². The Morgan fingerprint density at radius 1 is 0.870 bits per heavy atom. The van der Waals surface area contributed by atoms with Gasteiger partial charge in [0, 0.05) is 24.9 Å². The number of aromatic nitrogens is 2. The maximum Gasteiger partial charge on any atom is 0.129 e. The minimum absolute atomic E-state index is 0.979. The molecule has 1 aliphatic heterocycles. The molecule has 0 spiro atoms. The topological polar surface area (TPSA) is 29.0 Å². The van der Waals surface area contributed by atoms with E-state index in [-0.39, 0.29) is 0 Å². The molecule has 1 aromatic carbocycles. The van der Waals surface area contributed by atoms with Crippen molar-refractivity contribution in [2.45, 2.75) is 44.9 Å². The van der Waals surface area contributed by atoms with Gasteiger partial charge in [0.15, 0.2) is 0 Å². The largest absolute Gasteiger partial charge is 0.303 e. The van der Waals surface area contributed by atoms with Crippen LogP contribution in [-0.4, -0.2) is 34.5 Å². The molecule has 3 heteroatoms. The molecule has 2 aromatic rings. The molecule has 1 saturated heterocycles. The molecule has 0 unspecified atom stereocenters. The lowest BCUT2D eigenvalue weighted by atomic mass is 10.1. The number of piperidine rings is 1. The summed E-state index contributed by atoms with van der Waals surface area (Å²) >= 11 is 0. The van der Waals surface area contributed by atoms with Gasteiger partial charge in [-0.15, -0.1) is 0 Å². The Labute approximate surface area is 139 Å². The fourth-order valence-corrected chi connectivity index (χ4v) is 3.26. The molecule has 0 amide bonds. The third-order valence-electron chi connectivity index (χ3n) is 4.60. The predicted octanol–water partition coefficient (Wildman–Crippen LogP) is 3.68. The maximum atomic E-state index is 4.75. The van der Waals surface area contributed by atoms with Gasteiger partial charge in [-0.3, -0.25) is 0 Å². The molecule has 1 aromatic heterocycles. The normalized spacial score (nSPS) is 15.7. The summed E-state index contributed by atoms with van der Waals surface area (Å²) in [6.45, 7) is 3.60. The van der Waals surface area contributed by atoms with Gasteiger partial charge in [0.25, 0.3) is 0 Å². The lowest BCUT2D eigenvalue weighted by Crippen LogP contribution is -2.31. The molecule has 0 saturated carbocycles. The number of likely N-dealkylation sites (tertiary alicyclic amines) is 1. The van der Waals surface area contributed by atoms with E-state index in [2.05, 4.69) is 46.3 Å². The van der Waals surface area contributed by atoms with E-state index in [4.69, 9.17) is 4.98 Å². The van der Waals surface area contributed by atoms with Gasteiger partial charge in [-0.2, -0.15) is 0 Å². The van der Waals surface area contributed by atoms with E-state index in [0.29, 0.717) is 0 Å². The molecule has 0 N–H and O–H groups in total. The standard InChI is InChI=1S/C20H27N3/c1-3-8-18(9-4-1)10-7-11-19-12-14-21-20(22-19)13-17-23-15-5-2-6-16-23/h1,3-4,8-9,12,14H,2,5-7,10-11,13,15-17H2. The molecule has 3 rings (SSSR count). The van der Waals surface area contributed by atoms with E-state index in [1.54, 1.807) is 0 Å². The van der Waals surface area contributed by atoms with E-state index in [9.17, 15) is 0 Å². The number of nitrogens with zero attached hydrogens (tertiary/aromatic N) is 3. The van der Waals surface area contributed by atoms with Crippen LogP contribution in [0.4, 0.5) is 0 Å². The van der Waals surface area contributed by atoms with Gasteiger partial charge in [-0.25, -0.2) is 9.97 Å². The molecule has 0 aliphatic carbocycles. The average Bonchev–Trinajstić information content (AvgIpc) is 2.62. The maximum absolute atomic E-state index is 4.75. The van der Waals surface area contributed by atoms with Crippen LogP contribution in [-0.2, 0) is 19.3 Å². The van der Waals surface area contributed by atoms with Crippen molar-refractivity contribution in [2.24, 2.45) is 0 Å². The second kappa shape index (κ2) is 8.78. The number of benzene rings is 1. The molecule has 3 nitrogen and oxygen atoms in total. The molecular formula is C20H27N3. The van der Waals surface area contributed by atoms with Crippen molar-refractivity contribution in [3.8, 4) is 0 Å². The molecular weight excluding hydrogens is 282 g/mol. The first kappa shape index (κ1) is 16.1. The first-order valence-electron chi connectivity index (χ1n) is 8.97. The fourth-order valence-electron chi connectivity index (χ4n) is 3.26. The zero-order valence-corrected chi connectivity index (χ0v) is 14.0. The van der Waals surface area contributed by atoms with Gasteiger partial charge in [0.1, 0.15) is 5.82 Å². The molecule has 23 heavy (non-hydrogen) atoms. The smallest absolute Gasteiger partial charge is 0.129 e. The van der Waals surface area contributed by atoms with Gasteiger partial charge < -0.3 is 4.90 Å². The summed E-state index contributed by atoms with van der Waals surface area (Å²) in [6.07, 6.45) is 10.3. The molecule has 2 heterocycles. The summed E-state index contributed by atoms with van der Waals surface area (Å²) in [5.41, 5.74) is 2.59. The highest BCUT2D eigenvalue weighted by atomic mass is 15.1. The molecule has 0 radical (unpaired) electrons. The third-order valence-corrected chi connectivity index (χ3v) is 4.60. The Kier molecular flexibility index (Phi) is 6.16. The van der Waals surface area contributed by atoms with Crippen molar-refractivity contribution in [1.29, 1.82) is 0 Å². The van der Waals surface area contributed by atoms with E-state index in [0.717, 1.165) is 38.1 Å². The monoisotopic (exact) mass is 309 g/mol. The summed E-state index contributed by atoms with van der Waals surface area (Å²) in [5.74, 6) is 1.01.